The van der Waals surface area contributed by atoms with Gasteiger partial charge in [-0.2, -0.15) is 5.26 Å². The van der Waals surface area contributed by atoms with Crippen LogP contribution < -0.4 is 4.74 Å². The molecule has 0 radical (unpaired) electrons. The molecule has 3 aromatic rings. The van der Waals surface area contributed by atoms with Gasteiger partial charge in [0.15, 0.2) is 7.50 Å². The summed E-state index contributed by atoms with van der Waals surface area (Å²) in [6.45, 7) is 9.74. The second-order valence-corrected chi connectivity index (χ2v) is 12.9. The number of rotatable bonds is 15. The van der Waals surface area contributed by atoms with Crippen molar-refractivity contribution in [1.82, 2.24) is 4.67 Å². The molecule has 0 aliphatic heterocycles. The van der Waals surface area contributed by atoms with Gasteiger partial charge in [0, 0.05) is 17.8 Å². The summed E-state index contributed by atoms with van der Waals surface area (Å²) in [5.74, 6) is 1.56. The largest absolute Gasteiger partial charge is 0.497 e. The van der Waals surface area contributed by atoms with E-state index in [1.165, 1.54) is 0 Å². The van der Waals surface area contributed by atoms with Gasteiger partial charge in [-0.1, -0.05) is 84.2 Å². The van der Waals surface area contributed by atoms with E-state index in [1.54, 1.807) is 18.5 Å². The number of methoxy groups -OCH3 is 1. The van der Waals surface area contributed by atoms with Crippen LogP contribution >= 0.6 is 18.9 Å². The third-order valence-corrected chi connectivity index (χ3v) is 10.5. The Morgan fingerprint density at radius 1 is 0.816 bits per heavy atom. The summed E-state index contributed by atoms with van der Waals surface area (Å²) in [6.07, 6.45) is 0.391. The summed E-state index contributed by atoms with van der Waals surface area (Å²) >= 11 is 1.78. The lowest BCUT2D eigenvalue weighted by Gasteiger charge is -2.37. The van der Waals surface area contributed by atoms with E-state index in [0.29, 0.717) is 31.7 Å². The summed E-state index contributed by atoms with van der Waals surface area (Å²) in [4.78, 5) is 0. The van der Waals surface area contributed by atoms with E-state index < -0.39 is 13.1 Å². The zero-order chi connectivity index (χ0) is 27.4. The fourth-order valence-corrected chi connectivity index (χ4v) is 8.87. The van der Waals surface area contributed by atoms with E-state index in [-0.39, 0.29) is 0 Å². The Morgan fingerprint density at radius 3 is 1.82 bits per heavy atom. The average Bonchev–Trinajstić information content (AvgIpc) is 2.94. The highest BCUT2D eigenvalue weighted by Crippen LogP contribution is 2.56. The first-order valence-corrected chi connectivity index (χ1v) is 15.8. The number of nitrogens with zero attached hydrogens (tertiary/aromatic N) is 2. The van der Waals surface area contributed by atoms with Crippen LogP contribution in [0.25, 0.3) is 0 Å². The first-order valence-electron chi connectivity index (χ1n) is 13.0. The molecule has 3 aromatic carbocycles. The normalized spacial score (nSPS) is 12.6. The lowest BCUT2D eigenvalue weighted by Crippen LogP contribution is -2.34. The topological polar surface area (TPSA) is 54.7 Å². The molecule has 1 atom stereocenters. The third kappa shape index (κ3) is 7.59. The monoisotopic (exact) mass is 550 g/mol. The molecule has 7 heteroatoms. The molecule has 0 N–H and O–H groups in total. The third-order valence-electron chi connectivity index (χ3n) is 6.12. The molecule has 0 saturated carbocycles. The molecular formula is C31H39N2O3PS. The molecule has 0 saturated heterocycles. The summed E-state index contributed by atoms with van der Waals surface area (Å²) < 4.78 is 21.0. The molecule has 1 unspecified atom stereocenters. The second-order valence-electron chi connectivity index (χ2n) is 9.37. The Labute approximate surface area is 233 Å². The first kappa shape index (κ1) is 30.2. The Balaban J connectivity index is 1.92. The Kier molecular flexibility index (Phi) is 12.1. The lowest BCUT2D eigenvalue weighted by molar-refractivity contribution is 0.0233. The van der Waals surface area contributed by atoms with Crippen molar-refractivity contribution < 1.29 is 14.0 Å². The van der Waals surface area contributed by atoms with Gasteiger partial charge in [-0.05, 0) is 56.5 Å². The van der Waals surface area contributed by atoms with Crippen molar-refractivity contribution in [2.45, 2.75) is 51.8 Å². The number of nitriles is 1. The van der Waals surface area contributed by atoms with Crippen molar-refractivity contribution in [2.24, 2.45) is 0 Å². The minimum Gasteiger partial charge on any atom is -0.497 e. The first-order chi connectivity index (χ1) is 18.4. The number of ether oxygens (including phenoxy) is 2. The molecule has 0 aliphatic rings. The van der Waals surface area contributed by atoms with Crippen molar-refractivity contribution in [2.75, 3.05) is 26.1 Å². The Bertz CT molecular complexity index is 1070. The summed E-state index contributed by atoms with van der Waals surface area (Å²) in [7, 11) is 0.750. The van der Waals surface area contributed by atoms with Crippen LogP contribution in [0.5, 0.6) is 5.75 Å². The summed E-state index contributed by atoms with van der Waals surface area (Å²) in [6, 6.07) is 31.8. The van der Waals surface area contributed by atoms with Crippen LogP contribution in [0.1, 0.15) is 50.8 Å². The fourth-order valence-electron chi connectivity index (χ4n) is 4.54. The van der Waals surface area contributed by atoms with Crippen LogP contribution in [-0.2, 0) is 14.9 Å². The van der Waals surface area contributed by atoms with Gasteiger partial charge in [-0.25, -0.2) is 4.67 Å². The minimum atomic E-state index is -0.929. The standard InChI is InChI=1S/C31H39N2O3PS/c1-25(2)33(26(3)4)37(36-22-12-21-32)38-24-23-35-31(27-13-8-6-9-14-27,28-15-10-7-11-16-28)29-17-19-30(34-5)20-18-29/h6-11,13-20,25-26H,12,22-24H2,1-5H3. The zero-order valence-electron chi connectivity index (χ0n) is 23.0. The molecule has 3 rings (SSSR count). The van der Waals surface area contributed by atoms with Gasteiger partial charge in [0.25, 0.3) is 0 Å². The Morgan fingerprint density at radius 2 is 1.34 bits per heavy atom. The van der Waals surface area contributed by atoms with E-state index >= 15 is 0 Å². The van der Waals surface area contributed by atoms with E-state index in [4.69, 9.17) is 19.3 Å². The predicted molar refractivity (Wildman–Crippen MR) is 159 cm³/mol. The number of hydrogen-bond acceptors (Lipinski definition) is 6. The highest BCUT2D eigenvalue weighted by molar-refractivity contribution is 8.53. The molecule has 5 nitrogen and oxygen atoms in total. The second kappa shape index (κ2) is 15.3. The molecule has 38 heavy (non-hydrogen) atoms. The van der Waals surface area contributed by atoms with Gasteiger partial charge >= 0.3 is 0 Å². The molecule has 0 amide bonds. The van der Waals surface area contributed by atoms with E-state index in [0.717, 1.165) is 28.2 Å². The summed E-state index contributed by atoms with van der Waals surface area (Å²) in [5.41, 5.74) is 2.40. The van der Waals surface area contributed by atoms with Crippen LogP contribution in [0.4, 0.5) is 0 Å². The lowest BCUT2D eigenvalue weighted by atomic mass is 9.80. The predicted octanol–water partition coefficient (Wildman–Crippen LogP) is 8.01. The molecule has 0 aromatic heterocycles. The van der Waals surface area contributed by atoms with Crippen molar-refractivity contribution in [1.29, 1.82) is 5.26 Å². The molecule has 0 aliphatic carbocycles. The SMILES string of the molecule is COc1ccc(C(OCCSP(OCCC#N)N(C(C)C)C(C)C)(c2ccccc2)c2ccccc2)cc1. The van der Waals surface area contributed by atoms with Crippen LogP contribution in [0.3, 0.4) is 0 Å². The highest BCUT2D eigenvalue weighted by atomic mass is 32.7. The van der Waals surface area contributed by atoms with Crippen LogP contribution in [0, 0.1) is 11.3 Å². The van der Waals surface area contributed by atoms with Crippen molar-refractivity contribution >= 4 is 18.9 Å². The highest BCUT2D eigenvalue weighted by Gasteiger charge is 2.38. The quantitative estimate of drug-likeness (QED) is 0.109. The van der Waals surface area contributed by atoms with Crippen LogP contribution in [-0.4, -0.2) is 42.8 Å². The zero-order valence-corrected chi connectivity index (χ0v) is 24.8. The maximum Gasteiger partial charge on any atom is 0.169 e. The van der Waals surface area contributed by atoms with Gasteiger partial charge in [0.05, 0.1) is 32.8 Å². The number of benzene rings is 3. The fraction of sp³-hybridized carbons (Fsp3) is 0.387. The van der Waals surface area contributed by atoms with Gasteiger partial charge in [0.2, 0.25) is 0 Å². The molecule has 0 heterocycles. The average molecular weight is 551 g/mol. The van der Waals surface area contributed by atoms with E-state index in [2.05, 4.69) is 99.1 Å². The molecular weight excluding hydrogens is 511 g/mol. The van der Waals surface area contributed by atoms with Gasteiger partial charge < -0.3 is 14.0 Å². The van der Waals surface area contributed by atoms with E-state index in [1.807, 2.05) is 24.3 Å². The van der Waals surface area contributed by atoms with Gasteiger partial charge in [-0.3, -0.25) is 0 Å². The summed E-state index contributed by atoms with van der Waals surface area (Å²) in [5, 5.41) is 9.03. The van der Waals surface area contributed by atoms with Gasteiger partial charge in [-0.15, -0.1) is 0 Å². The smallest absolute Gasteiger partial charge is 0.169 e. The maximum absolute atomic E-state index is 9.03. The molecule has 0 spiro atoms. The minimum absolute atomic E-state index is 0.337. The van der Waals surface area contributed by atoms with E-state index in [9.17, 15) is 0 Å². The van der Waals surface area contributed by atoms with Crippen molar-refractivity contribution in [3.63, 3.8) is 0 Å². The molecule has 202 valence electrons. The molecule has 0 bridgehead atoms. The van der Waals surface area contributed by atoms with Crippen LogP contribution in [0.2, 0.25) is 0 Å². The number of hydrogen-bond donors (Lipinski definition) is 0. The van der Waals surface area contributed by atoms with Gasteiger partial charge in [0.1, 0.15) is 11.4 Å². The maximum atomic E-state index is 9.03. The Hall–Kier alpha value is -2.39. The molecule has 0 fully saturated rings. The van der Waals surface area contributed by atoms with Crippen LogP contribution in [0.15, 0.2) is 84.9 Å². The van der Waals surface area contributed by atoms with Crippen molar-refractivity contribution in [3.05, 3.63) is 102 Å². The van der Waals surface area contributed by atoms with Crippen molar-refractivity contribution in [3.8, 4) is 11.8 Å².